The number of hydrogen-bond donors (Lipinski definition) is 2. The molecule has 10 heteroatoms. The van der Waals surface area contributed by atoms with Crippen LogP contribution in [0.1, 0.15) is 24.8 Å². The van der Waals surface area contributed by atoms with E-state index in [4.69, 9.17) is 14.7 Å². The molecule has 2 heterocycles. The molecule has 2 aromatic carbocycles. The Morgan fingerprint density at radius 2 is 1.82 bits per heavy atom. The van der Waals surface area contributed by atoms with Gasteiger partial charge in [-0.2, -0.15) is 25.3 Å². The van der Waals surface area contributed by atoms with Gasteiger partial charge in [0.1, 0.15) is 6.07 Å². The molecule has 0 spiro atoms. The van der Waals surface area contributed by atoms with E-state index in [0.717, 1.165) is 37.2 Å². The van der Waals surface area contributed by atoms with E-state index in [2.05, 4.69) is 35.7 Å². The number of hydrazone groups is 1. The van der Waals surface area contributed by atoms with Gasteiger partial charge >= 0.3 is 0 Å². The van der Waals surface area contributed by atoms with Gasteiger partial charge in [0, 0.05) is 18.8 Å². The van der Waals surface area contributed by atoms with Crippen molar-refractivity contribution in [2.75, 3.05) is 42.4 Å². The zero-order valence-electron chi connectivity index (χ0n) is 18.9. The molecule has 0 amide bonds. The number of benzene rings is 2. The van der Waals surface area contributed by atoms with Crippen LogP contribution in [-0.2, 0) is 0 Å². The third-order valence-electron chi connectivity index (χ3n) is 5.15. The number of nitriles is 1. The molecule has 0 bridgehead atoms. The molecule has 1 fully saturated rings. The van der Waals surface area contributed by atoms with Crippen LogP contribution in [0.2, 0.25) is 0 Å². The predicted octanol–water partition coefficient (Wildman–Crippen LogP) is 3.96. The first kappa shape index (κ1) is 22.8. The van der Waals surface area contributed by atoms with Crippen LogP contribution in [0.4, 0.5) is 23.5 Å². The summed E-state index contributed by atoms with van der Waals surface area (Å²) in [5.41, 5.74) is 4.58. The van der Waals surface area contributed by atoms with Crippen molar-refractivity contribution >= 4 is 29.7 Å². The molecule has 0 aliphatic carbocycles. The van der Waals surface area contributed by atoms with Gasteiger partial charge in [-0.05, 0) is 55.2 Å². The van der Waals surface area contributed by atoms with E-state index in [-0.39, 0.29) is 6.61 Å². The first-order valence-electron chi connectivity index (χ1n) is 11.0. The molecule has 3 aromatic rings. The highest BCUT2D eigenvalue weighted by atomic mass is 16.5. The Kier molecular flexibility index (Phi) is 7.69. The van der Waals surface area contributed by atoms with Crippen LogP contribution in [0.3, 0.4) is 0 Å². The van der Waals surface area contributed by atoms with Gasteiger partial charge in [-0.1, -0.05) is 18.2 Å². The number of anilines is 4. The quantitative estimate of drug-likeness (QED) is 0.362. The normalized spacial score (nSPS) is 13.4. The van der Waals surface area contributed by atoms with E-state index >= 15 is 0 Å². The summed E-state index contributed by atoms with van der Waals surface area (Å²) in [7, 11) is 1.54. The molecule has 2 N–H and O–H groups in total. The first-order chi connectivity index (χ1) is 16.7. The average molecular weight is 459 g/mol. The number of nitrogens with zero attached hydrogens (tertiary/aromatic N) is 6. The summed E-state index contributed by atoms with van der Waals surface area (Å²) in [6, 6.07) is 17.0. The van der Waals surface area contributed by atoms with Gasteiger partial charge in [-0.3, -0.25) is 0 Å². The molecule has 4 rings (SSSR count). The number of para-hydroxylation sites is 1. The van der Waals surface area contributed by atoms with Crippen LogP contribution in [0.15, 0.2) is 53.6 Å². The molecule has 0 saturated carbocycles. The van der Waals surface area contributed by atoms with Crippen LogP contribution < -0.4 is 25.1 Å². The second kappa shape index (κ2) is 11.5. The second-order valence-electron chi connectivity index (χ2n) is 7.55. The topological polar surface area (TPSA) is 121 Å². The molecule has 10 nitrogen and oxygen atoms in total. The number of nitrogens with one attached hydrogen (secondary N) is 2. The van der Waals surface area contributed by atoms with Crippen molar-refractivity contribution in [1.82, 2.24) is 15.0 Å². The van der Waals surface area contributed by atoms with Gasteiger partial charge in [0.05, 0.1) is 13.3 Å². The maximum absolute atomic E-state index is 8.71. The lowest BCUT2D eigenvalue weighted by atomic mass is 10.1. The minimum absolute atomic E-state index is 0.0521. The lowest BCUT2D eigenvalue weighted by Crippen LogP contribution is -2.31. The van der Waals surface area contributed by atoms with E-state index in [0.29, 0.717) is 29.3 Å². The summed E-state index contributed by atoms with van der Waals surface area (Å²) in [5, 5.41) is 16.2. The third kappa shape index (κ3) is 6.10. The molecule has 1 saturated heterocycles. The van der Waals surface area contributed by atoms with Crippen molar-refractivity contribution in [3.63, 3.8) is 0 Å². The number of methoxy groups -OCH3 is 1. The molecule has 0 unspecified atom stereocenters. The van der Waals surface area contributed by atoms with E-state index in [9.17, 15) is 0 Å². The molecule has 34 heavy (non-hydrogen) atoms. The number of rotatable bonds is 9. The Morgan fingerprint density at radius 1 is 1.03 bits per heavy atom. The Morgan fingerprint density at radius 3 is 2.59 bits per heavy atom. The van der Waals surface area contributed by atoms with Gasteiger partial charge < -0.3 is 19.7 Å². The fourth-order valence-electron chi connectivity index (χ4n) is 3.51. The second-order valence-corrected chi connectivity index (χ2v) is 7.55. The van der Waals surface area contributed by atoms with Crippen molar-refractivity contribution in [3.05, 3.63) is 54.1 Å². The number of ether oxygens (including phenoxy) is 2. The van der Waals surface area contributed by atoms with Gasteiger partial charge in [0.2, 0.25) is 17.8 Å². The summed E-state index contributed by atoms with van der Waals surface area (Å²) in [6.07, 6.45) is 5.08. The van der Waals surface area contributed by atoms with Crippen LogP contribution in [0, 0.1) is 11.3 Å². The van der Waals surface area contributed by atoms with E-state index in [1.165, 1.54) is 6.42 Å². The maximum Gasteiger partial charge on any atom is 0.250 e. The fourth-order valence-corrected chi connectivity index (χ4v) is 3.51. The Balaban J connectivity index is 1.52. The van der Waals surface area contributed by atoms with Gasteiger partial charge in [0.25, 0.3) is 0 Å². The lowest BCUT2D eigenvalue weighted by molar-refractivity contribution is 0.329. The highest BCUT2D eigenvalue weighted by Gasteiger charge is 2.16. The highest BCUT2D eigenvalue weighted by molar-refractivity contribution is 5.81. The van der Waals surface area contributed by atoms with Crippen molar-refractivity contribution in [3.8, 4) is 17.6 Å². The van der Waals surface area contributed by atoms with Crippen LogP contribution in [-0.4, -0.2) is 48.0 Å². The average Bonchev–Trinajstić information content (AvgIpc) is 2.89. The number of hydrogen-bond acceptors (Lipinski definition) is 10. The Bertz CT molecular complexity index is 1160. The van der Waals surface area contributed by atoms with Crippen LogP contribution in [0.5, 0.6) is 11.5 Å². The smallest absolute Gasteiger partial charge is 0.250 e. The zero-order chi connectivity index (χ0) is 23.6. The summed E-state index contributed by atoms with van der Waals surface area (Å²) in [6.45, 7) is 1.78. The molecule has 1 aliphatic rings. The minimum atomic E-state index is -0.0521. The highest BCUT2D eigenvalue weighted by Crippen LogP contribution is 2.27. The largest absolute Gasteiger partial charge is 0.493 e. The first-order valence-corrected chi connectivity index (χ1v) is 11.0. The summed E-state index contributed by atoms with van der Waals surface area (Å²) < 4.78 is 10.7. The minimum Gasteiger partial charge on any atom is -0.493 e. The summed E-state index contributed by atoms with van der Waals surface area (Å²) in [4.78, 5) is 15.8. The Labute approximate surface area is 198 Å². The standard InChI is InChI=1S/C24H26N8O2/c1-33-21-16-18(10-11-20(21)34-15-12-25)17-26-31-23-28-22(27-19-8-4-2-5-9-19)29-24(30-23)32-13-6-3-7-14-32/h2,4-5,8-11,16-17H,3,6-7,13-15H2,1H3,(H2,27,28,29,30,31). The van der Waals surface area contributed by atoms with E-state index in [1.807, 2.05) is 42.5 Å². The summed E-state index contributed by atoms with van der Waals surface area (Å²) >= 11 is 0. The monoisotopic (exact) mass is 458 g/mol. The SMILES string of the molecule is COc1cc(C=NNc2nc(Nc3ccccc3)nc(N3CCCCC3)n2)ccc1OCC#N. The molecular weight excluding hydrogens is 432 g/mol. The molecule has 174 valence electrons. The summed E-state index contributed by atoms with van der Waals surface area (Å²) in [5.74, 6) is 2.41. The van der Waals surface area contributed by atoms with Crippen LogP contribution in [0.25, 0.3) is 0 Å². The maximum atomic E-state index is 8.71. The third-order valence-corrected chi connectivity index (χ3v) is 5.15. The molecule has 1 aromatic heterocycles. The van der Waals surface area contributed by atoms with Crippen molar-refractivity contribution < 1.29 is 9.47 Å². The van der Waals surface area contributed by atoms with E-state index in [1.54, 1.807) is 25.5 Å². The lowest BCUT2D eigenvalue weighted by Gasteiger charge is -2.26. The van der Waals surface area contributed by atoms with Gasteiger partial charge in [-0.15, -0.1) is 0 Å². The molecule has 0 radical (unpaired) electrons. The number of aromatic nitrogens is 3. The Hall–Kier alpha value is -4.39. The van der Waals surface area contributed by atoms with E-state index < -0.39 is 0 Å². The number of piperidine rings is 1. The predicted molar refractivity (Wildman–Crippen MR) is 131 cm³/mol. The van der Waals surface area contributed by atoms with Crippen LogP contribution >= 0.6 is 0 Å². The van der Waals surface area contributed by atoms with Crippen molar-refractivity contribution in [2.45, 2.75) is 19.3 Å². The molecular formula is C24H26N8O2. The van der Waals surface area contributed by atoms with Crippen molar-refractivity contribution in [1.29, 1.82) is 5.26 Å². The zero-order valence-corrected chi connectivity index (χ0v) is 18.9. The fraction of sp³-hybridized carbons (Fsp3) is 0.292. The van der Waals surface area contributed by atoms with Gasteiger partial charge in [0.15, 0.2) is 18.1 Å². The molecule has 1 aliphatic heterocycles. The van der Waals surface area contributed by atoms with Gasteiger partial charge in [-0.25, -0.2) is 5.43 Å². The van der Waals surface area contributed by atoms with Crippen molar-refractivity contribution in [2.24, 2.45) is 5.10 Å². The molecule has 0 atom stereocenters.